The molecule has 1 unspecified atom stereocenters. The molecule has 1 saturated heterocycles. The third kappa shape index (κ3) is 6.44. The predicted octanol–water partition coefficient (Wildman–Crippen LogP) is 5.07. The number of ether oxygens (including phenoxy) is 1. The molecule has 3 aromatic rings. The molecule has 5 rings (SSSR count). The minimum absolute atomic E-state index is 0.00563. The summed E-state index contributed by atoms with van der Waals surface area (Å²) in [5.74, 6) is -0.447. The first-order valence-electron chi connectivity index (χ1n) is 14.0. The van der Waals surface area contributed by atoms with Gasteiger partial charge in [-0.05, 0) is 74.1 Å². The van der Waals surface area contributed by atoms with Gasteiger partial charge in [-0.25, -0.2) is 9.88 Å². The first-order chi connectivity index (χ1) is 20.0. The molecular formula is C32H32N4O4S. The summed E-state index contributed by atoms with van der Waals surface area (Å²) in [5, 5.41) is 10.3. The number of anilines is 1. The van der Waals surface area contributed by atoms with Gasteiger partial charge in [-0.1, -0.05) is 48.5 Å². The van der Waals surface area contributed by atoms with Crippen molar-refractivity contribution in [3.05, 3.63) is 83.0 Å². The highest BCUT2D eigenvalue weighted by Gasteiger charge is 2.44. The molecule has 2 heterocycles. The number of nitrogens with zero attached hydrogens (tertiary/aromatic N) is 4. The summed E-state index contributed by atoms with van der Waals surface area (Å²) in [6, 6.07) is 19.4. The van der Waals surface area contributed by atoms with Crippen LogP contribution in [-0.4, -0.2) is 46.0 Å². The fraction of sp³-hybridized carbons (Fsp3) is 0.344. The van der Waals surface area contributed by atoms with Gasteiger partial charge in [-0.2, -0.15) is 5.26 Å². The molecule has 1 aromatic heterocycles. The quantitative estimate of drug-likeness (QED) is 0.202. The number of rotatable bonds is 9. The Kier molecular flexibility index (Phi) is 9.00. The van der Waals surface area contributed by atoms with Crippen molar-refractivity contribution in [3.63, 3.8) is 0 Å². The Morgan fingerprint density at radius 3 is 2.59 bits per heavy atom. The topological polar surface area (TPSA) is 104 Å². The minimum Gasteiger partial charge on any atom is -0.494 e. The van der Waals surface area contributed by atoms with Gasteiger partial charge in [0.2, 0.25) is 11.8 Å². The van der Waals surface area contributed by atoms with E-state index in [4.69, 9.17) is 9.72 Å². The lowest BCUT2D eigenvalue weighted by atomic mass is 10.1. The second-order valence-corrected chi connectivity index (χ2v) is 11.1. The number of thioether (sulfide) groups is 1. The third-order valence-electron chi connectivity index (χ3n) is 7.39. The maximum atomic E-state index is 13.8. The van der Waals surface area contributed by atoms with Crippen LogP contribution in [0.1, 0.15) is 55.0 Å². The van der Waals surface area contributed by atoms with E-state index in [2.05, 4.69) is 6.07 Å². The zero-order valence-electron chi connectivity index (χ0n) is 23.0. The van der Waals surface area contributed by atoms with E-state index < -0.39 is 11.9 Å². The molecule has 2 aromatic carbocycles. The normalized spacial score (nSPS) is 16.6. The highest BCUT2D eigenvalue weighted by molar-refractivity contribution is 8.00. The lowest BCUT2D eigenvalue weighted by molar-refractivity contribution is -0.136. The summed E-state index contributed by atoms with van der Waals surface area (Å²) in [6.07, 6.45) is 4.95. The first kappa shape index (κ1) is 28.4. The molecule has 0 saturated carbocycles. The summed E-state index contributed by atoms with van der Waals surface area (Å²) in [4.78, 5) is 47.9. The lowest BCUT2D eigenvalue weighted by Gasteiger charge is -2.28. The molecule has 0 radical (unpaired) electrons. The zero-order chi connectivity index (χ0) is 28.8. The second kappa shape index (κ2) is 13.0. The van der Waals surface area contributed by atoms with E-state index in [-0.39, 0.29) is 30.5 Å². The van der Waals surface area contributed by atoms with E-state index in [0.29, 0.717) is 28.6 Å². The Morgan fingerprint density at radius 2 is 1.85 bits per heavy atom. The van der Waals surface area contributed by atoms with E-state index in [0.717, 1.165) is 53.8 Å². The number of pyridine rings is 1. The number of imide groups is 1. The number of aromatic nitrogens is 1. The molecular weight excluding hydrogens is 536 g/mol. The zero-order valence-corrected chi connectivity index (χ0v) is 23.9. The molecule has 1 fully saturated rings. The van der Waals surface area contributed by atoms with E-state index in [1.807, 2.05) is 43.3 Å². The van der Waals surface area contributed by atoms with Gasteiger partial charge < -0.3 is 9.64 Å². The number of carbonyl (C=O) groups is 3. The fourth-order valence-corrected chi connectivity index (χ4v) is 6.20. The molecule has 2 aliphatic rings. The second-order valence-electron chi connectivity index (χ2n) is 10.1. The van der Waals surface area contributed by atoms with E-state index in [1.54, 1.807) is 24.3 Å². The molecule has 0 spiro atoms. The average molecular weight is 569 g/mol. The average Bonchev–Trinajstić information content (AvgIpc) is 3.13. The number of hydrogen-bond acceptors (Lipinski definition) is 7. The van der Waals surface area contributed by atoms with Gasteiger partial charge in [0.05, 0.1) is 30.0 Å². The number of aryl methyl sites for hydroxylation is 2. The maximum Gasteiger partial charge on any atom is 0.257 e. The Morgan fingerprint density at radius 1 is 1.10 bits per heavy atom. The highest BCUT2D eigenvalue weighted by atomic mass is 32.2. The van der Waals surface area contributed by atoms with Crippen molar-refractivity contribution in [1.82, 2.24) is 9.88 Å². The Labute approximate surface area is 244 Å². The van der Waals surface area contributed by atoms with Gasteiger partial charge in [0.25, 0.3) is 5.91 Å². The van der Waals surface area contributed by atoms with Gasteiger partial charge in [-0.3, -0.25) is 14.4 Å². The van der Waals surface area contributed by atoms with Gasteiger partial charge in [0.1, 0.15) is 22.9 Å². The molecule has 0 N–H and O–H groups in total. The van der Waals surface area contributed by atoms with Gasteiger partial charge in [0, 0.05) is 12.2 Å². The third-order valence-corrected chi connectivity index (χ3v) is 8.37. The van der Waals surface area contributed by atoms with Crippen molar-refractivity contribution in [1.29, 1.82) is 5.26 Å². The fourth-order valence-electron chi connectivity index (χ4n) is 5.34. The first-order valence-corrected chi connectivity index (χ1v) is 15.0. The van der Waals surface area contributed by atoms with Crippen LogP contribution >= 0.6 is 11.8 Å². The van der Waals surface area contributed by atoms with E-state index in [1.165, 1.54) is 16.7 Å². The molecule has 1 aliphatic heterocycles. The predicted molar refractivity (Wildman–Crippen MR) is 156 cm³/mol. The van der Waals surface area contributed by atoms with Gasteiger partial charge in [-0.15, -0.1) is 0 Å². The smallest absolute Gasteiger partial charge is 0.257 e. The lowest BCUT2D eigenvalue weighted by Crippen LogP contribution is -2.45. The maximum absolute atomic E-state index is 13.8. The Hall–Kier alpha value is -4.16. The van der Waals surface area contributed by atoms with Crippen LogP contribution in [0.15, 0.2) is 65.7 Å². The number of nitriles is 1. The molecule has 0 bridgehead atoms. The monoisotopic (exact) mass is 568 g/mol. The van der Waals surface area contributed by atoms with Crippen LogP contribution in [0.3, 0.4) is 0 Å². The van der Waals surface area contributed by atoms with Crippen molar-refractivity contribution in [2.45, 2.75) is 63.1 Å². The van der Waals surface area contributed by atoms with Gasteiger partial charge >= 0.3 is 0 Å². The van der Waals surface area contributed by atoms with Crippen LogP contribution in [0.25, 0.3) is 0 Å². The van der Waals surface area contributed by atoms with Crippen LogP contribution in [0.2, 0.25) is 0 Å². The van der Waals surface area contributed by atoms with Crippen LogP contribution in [0.4, 0.5) is 5.69 Å². The van der Waals surface area contributed by atoms with E-state index in [9.17, 15) is 19.6 Å². The molecule has 8 nitrogen and oxygen atoms in total. The number of carbonyl (C=O) groups excluding carboxylic acids is 3. The highest BCUT2D eigenvalue weighted by Crippen LogP contribution is 2.31. The van der Waals surface area contributed by atoms with Crippen molar-refractivity contribution < 1.29 is 19.1 Å². The van der Waals surface area contributed by atoms with Crippen molar-refractivity contribution in [2.24, 2.45) is 0 Å². The van der Waals surface area contributed by atoms with Crippen molar-refractivity contribution in [3.8, 4) is 11.8 Å². The number of amides is 3. The molecule has 41 heavy (non-hydrogen) atoms. The molecule has 210 valence electrons. The largest absolute Gasteiger partial charge is 0.494 e. The van der Waals surface area contributed by atoms with E-state index >= 15 is 0 Å². The molecule has 1 atom stereocenters. The molecule has 1 aliphatic carbocycles. The molecule has 3 amide bonds. The molecule has 9 heteroatoms. The Bertz CT molecular complexity index is 1470. The van der Waals surface area contributed by atoms with Crippen LogP contribution in [0, 0.1) is 11.3 Å². The van der Waals surface area contributed by atoms with Crippen LogP contribution < -0.4 is 9.64 Å². The van der Waals surface area contributed by atoms with Crippen LogP contribution in [-0.2, 0) is 33.8 Å². The summed E-state index contributed by atoms with van der Waals surface area (Å²) >= 11 is 1.21. The standard InChI is InChI=1S/C32H32N4O4S/c1-2-40-26-15-13-25(14-16-26)36-29(37)18-28(32(36)39)35(20-22-9-5-3-6-10-22)30(38)21-41-31-24(19-33)17-23-11-7-4-8-12-27(23)34-31/h3,5-6,9-10,13-17,28H,2,4,7-8,11-12,18,20-21H2,1H3. The number of hydrogen-bond donors (Lipinski definition) is 0. The minimum atomic E-state index is -0.933. The summed E-state index contributed by atoms with van der Waals surface area (Å²) in [6.45, 7) is 2.57. The number of benzene rings is 2. The Balaban J connectivity index is 1.38. The van der Waals surface area contributed by atoms with Crippen LogP contribution in [0.5, 0.6) is 5.75 Å². The van der Waals surface area contributed by atoms with Crippen molar-refractivity contribution >= 4 is 35.2 Å². The van der Waals surface area contributed by atoms with Gasteiger partial charge in [0.15, 0.2) is 0 Å². The van der Waals surface area contributed by atoms with Crippen molar-refractivity contribution in [2.75, 3.05) is 17.3 Å². The SMILES string of the molecule is CCOc1ccc(N2C(=O)CC(N(Cc3ccccc3)C(=O)CSc3nc4c(cc3C#N)CCCCC4)C2=O)cc1. The summed E-state index contributed by atoms with van der Waals surface area (Å²) in [5.41, 5.74) is 3.88. The summed E-state index contributed by atoms with van der Waals surface area (Å²) < 4.78 is 5.48. The number of fused-ring (bicyclic) bond motifs is 1. The summed E-state index contributed by atoms with van der Waals surface area (Å²) in [7, 11) is 0.